The number of anilines is 1. The Labute approximate surface area is 119 Å². The topological polar surface area (TPSA) is 79.3 Å². The van der Waals surface area contributed by atoms with Crippen molar-refractivity contribution in [2.24, 2.45) is 0 Å². The first-order valence-electron chi connectivity index (χ1n) is 6.28. The zero-order chi connectivity index (χ0) is 15.0. The second-order valence-electron chi connectivity index (χ2n) is 4.85. The third-order valence-corrected chi connectivity index (χ3v) is 3.45. The van der Waals surface area contributed by atoms with Gasteiger partial charge in [-0.25, -0.2) is 4.39 Å². The minimum atomic E-state index is -2.07. The van der Waals surface area contributed by atoms with E-state index in [1.54, 1.807) is 6.07 Å². The lowest BCUT2D eigenvalue weighted by Gasteiger charge is -2.19. The number of rotatable bonds is 3. The van der Waals surface area contributed by atoms with E-state index < -0.39 is 29.5 Å². The number of halogens is 1. The van der Waals surface area contributed by atoms with Gasteiger partial charge in [-0.05, 0) is 30.3 Å². The van der Waals surface area contributed by atoms with Crippen LogP contribution in [0.3, 0.4) is 0 Å². The van der Waals surface area contributed by atoms with Crippen molar-refractivity contribution in [2.45, 2.75) is 12.0 Å². The van der Waals surface area contributed by atoms with Crippen molar-refractivity contribution in [3.05, 3.63) is 59.7 Å². The fourth-order valence-electron chi connectivity index (χ4n) is 2.35. The molecular weight excluding hydrogens is 275 g/mol. The number of pyridine rings is 1. The van der Waals surface area contributed by atoms with Gasteiger partial charge in [-0.3, -0.25) is 14.6 Å². The Balaban J connectivity index is 1.97. The van der Waals surface area contributed by atoms with Crippen LogP contribution in [0.5, 0.6) is 0 Å². The Morgan fingerprint density at radius 1 is 1.38 bits per heavy atom. The zero-order valence-corrected chi connectivity index (χ0v) is 10.8. The van der Waals surface area contributed by atoms with Crippen molar-refractivity contribution < 1.29 is 19.1 Å². The lowest BCUT2D eigenvalue weighted by Crippen LogP contribution is -2.36. The molecule has 3 rings (SSSR count). The molecule has 0 saturated heterocycles. The Kier molecular flexibility index (Phi) is 3.03. The highest BCUT2D eigenvalue weighted by Crippen LogP contribution is 2.39. The second kappa shape index (κ2) is 4.75. The van der Waals surface area contributed by atoms with Gasteiger partial charge in [0.2, 0.25) is 0 Å². The van der Waals surface area contributed by atoms with Crippen LogP contribution in [-0.2, 0) is 10.4 Å². The highest BCUT2D eigenvalue weighted by atomic mass is 19.1. The third kappa shape index (κ3) is 2.19. The van der Waals surface area contributed by atoms with Crippen LogP contribution in [0.2, 0.25) is 0 Å². The van der Waals surface area contributed by atoms with E-state index >= 15 is 0 Å². The van der Waals surface area contributed by atoms with Crippen molar-refractivity contribution in [3.63, 3.8) is 0 Å². The molecule has 0 saturated carbocycles. The SMILES string of the molecule is O=C(C[C@@]1(O)C(=O)Nc2ccc(F)cc21)c1cccnc1. The molecule has 1 atom stereocenters. The molecule has 1 aliphatic heterocycles. The molecule has 2 heterocycles. The zero-order valence-electron chi connectivity index (χ0n) is 10.8. The van der Waals surface area contributed by atoms with Gasteiger partial charge in [-0.15, -0.1) is 0 Å². The van der Waals surface area contributed by atoms with Gasteiger partial charge in [-0.1, -0.05) is 0 Å². The number of hydrogen-bond acceptors (Lipinski definition) is 4. The monoisotopic (exact) mass is 286 g/mol. The van der Waals surface area contributed by atoms with Gasteiger partial charge < -0.3 is 10.4 Å². The van der Waals surface area contributed by atoms with E-state index in [4.69, 9.17) is 0 Å². The average Bonchev–Trinajstić information content (AvgIpc) is 2.72. The summed E-state index contributed by atoms with van der Waals surface area (Å²) in [5, 5.41) is 13.0. The summed E-state index contributed by atoms with van der Waals surface area (Å²) in [5.74, 6) is -1.77. The molecule has 1 aliphatic rings. The maximum Gasteiger partial charge on any atom is 0.261 e. The van der Waals surface area contributed by atoms with Crippen LogP contribution in [0.25, 0.3) is 0 Å². The maximum absolute atomic E-state index is 13.3. The highest BCUT2D eigenvalue weighted by Gasteiger charge is 2.47. The minimum Gasteiger partial charge on any atom is -0.375 e. The molecule has 0 unspecified atom stereocenters. The number of carbonyl (C=O) groups excluding carboxylic acids is 2. The number of aliphatic hydroxyl groups is 1. The van der Waals surface area contributed by atoms with Crippen LogP contribution in [-0.4, -0.2) is 21.8 Å². The Morgan fingerprint density at radius 2 is 2.19 bits per heavy atom. The number of aromatic nitrogens is 1. The summed E-state index contributed by atoms with van der Waals surface area (Å²) in [7, 11) is 0. The summed E-state index contributed by atoms with van der Waals surface area (Å²) in [5.41, 5.74) is -1.40. The number of amides is 1. The molecule has 21 heavy (non-hydrogen) atoms. The van der Waals surface area contributed by atoms with E-state index in [-0.39, 0.29) is 11.1 Å². The summed E-state index contributed by atoms with van der Waals surface area (Å²) < 4.78 is 13.3. The number of ketones is 1. The van der Waals surface area contributed by atoms with Gasteiger partial charge in [-0.2, -0.15) is 0 Å². The Hall–Kier alpha value is -2.60. The molecule has 6 heteroatoms. The quantitative estimate of drug-likeness (QED) is 0.841. The van der Waals surface area contributed by atoms with E-state index in [0.29, 0.717) is 5.69 Å². The number of hydrogen-bond donors (Lipinski definition) is 2. The molecule has 0 spiro atoms. The van der Waals surface area contributed by atoms with Crippen molar-refractivity contribution in [3.8, 4) is 0 Å². The van der Waals surface area contributed by atoms with E-state index in [1.807, 2.05) is 0 Å². The summed E-state index contributed by atoms with van der Waals surface area (Å²) in [6.07, 6.45) is 2.39. The van der Waals surface area contributed by atoms with Gasteiger partial charge in [0.05, 0.1) is 6.42 Å². The van der Waals surface area contributed by atoms with E-state index in [0.717, 1.165) is 6.07 Å². The predicted molar refractivity (Wildman–Crippen MR) is 72.1 cm³/mol. The van der Waals surface area contributed by atoms with Crippen LogP contribution in [0.15, 0.2) is 42.7 Å². The molecule has 0 aliphatic carbocycles. The molecular formula is C15H11FN2O3. The normalized spacial score (nSPS) is 20.0. The highest BCUT2D eigenvalue weighted by molar-refractivity contribution is 6.09. The number of nitrogens with one attached hydrogen (secondary N) is 1. The molecule has 5 nitrogen and oxygen atoms in total. The van der Waals surface area contributed by atoms with Crippen LogP contribution < -0.4 is 5.32 Å². The first kappa shape index (κ1) is 13.4. The molecule has 0 radical (unpaired) electrons. The first-order chi connectivity index (χ1) is 10.0. The predicted octanol–water partition coefficient (Wildman–Crippen LogP) is 1.63. The largest absolute Gasteiger partial charge is 0.375 e. The molecule has 0 bridgehead atoms. The molecule has 2 aromatic rings. The lowest BCUT2D eigenvalue weighted by atomic mass is 9.88. The molecule has 1 aromatic carbocycles. The van der Waals surface area contributed by atoms with Crippen LogP contribution >= 0.6 is 0 Å². The molecule has 0 fully saturated rings. The average molecular weight is 286 g/mol. The van der Waals surface area contributed by atoms with Crippen molar-refractivity contribution in [1.82, 2.24) is 4.98 Å². The summed E-state index contributed by atoms with van der Waals surface area (Å²) in [6.45, 7) is 0. The fourth-order valence-corrected chi connectivity index (χ4v) is 2.35. The summed E-state index contributed by atoms with van der Waals surface area (Å²) in [4.78, 5) is 28.0. The Bertz CT molecular complexity index is 733. The summed E-state index contributed by atoms with van der Waals surface area (Å²) in [6, 6.07) is 6.71. The smallest absolute Gasteiger partial charge is 0.261 e. The number of nitrogens with zero attached hydrogens (tertiary/aromatic N) is 1. The molecule has 1 aromatic heterocycles. The molecule has 106 valence electrons. The van der Waals surface area contributed by atoms with E-state index in [1.165, 1.54) is 30.6 Å². The molecule has 2 N–H and O–H groups in total. The summed E-state index contributed by atoms with van der Waals surface area (Å²) >= 11 is 0. The minimum absolute atomic E-state index is 0.0738. The van der Waals surface area contributed by atoms with Gasteiger partial charge in [0.25, 0.3) is 5.91 Å². The van der Waals surface area contributed by atoms with Gasteiger partial charge in [0, 0.05) is 29.2 Å². The number of fused-ring (bicyclic) bond motifs is 1. The third-order valence-electron chi connectivity index (χ3n) is 3.45. The van der Waals surface area contributed by atoms with Gasteiger partial charge in [0.15, 0.2) is 11.4 Å². The standard InChI is InChI=1S/C15H11FN2O3/c16-10-3-4-12-11(6-10)15(21,14(20)18-12)7-13(19)9-2-1-5-17-8-9/h1-6,8,21H,7H2,(H,18,20)/t15-/m0/s1. The Morgan fingerprint density at radius 3 is 2.90 bits per heavy atom. The van der Waals surface area contributed by atoms with Gasteiger partial charge >= 0.3 is 0 Å². The van der Waals surface area contributed by atoms with Crippen LogP contribution in [0.4, 0.5) is 10.1 Å². The number of carbonyl (C=O) groups is 2. The van der Waals surface area contributed by atoms with Gasteiger partial charge in [0.1, 0.15) is 5.82 Å². The first-order valence-corrected chi connectivity index (χ1v) is 6.28. The maximum atomic E-state index is 13.3. The molecule has 1 amide bonds. The fraction of sp³-hybridized carbons (Fsp3) is 0.133. The number of Topliss-reactive ketones (excluding diaryl/α,β-unsaturated/α-hetero) is 1. The van der Waals surface area contributed by atoms with Crippen molar-refractivity contribution in [2.75, 3.05) is 5.32 Å². The van der Waals surface area contributed by atoms with Crippen LogP contribution in [0, 0.1) is 5.82 Å². The van der Waals surface area contributed by atoms with E-state index in [2.05, 4.69) is 10.3 Å². The number of benzene rings is 1. The van der Waals surface area contributed by atoms with Crippen molar-refractivity contribution in [1.29, 1.82) is 0 Å². The lowest BCUT2D eigenvalue weighted by molar-refractivity contribution is -0.133. The van der Waals surface area contributed by atoms with Crippen LogP contribution in [0.1, 0.15) is 22.3 Å². The van der Waals surface area contributed by atoms with Crippen molar-refractivity contribution >= 4 is 17.4 Å². The van der Waals surface area contributed by atoms with E-state index in [9.17, 15) is 19.1 Å². The second-order valence-corrected chi connectivity index (χ2v) is 4.85.